The standard InChI is InChI=1S/C14H16ClNO/c1-9-4-5-11(8-12(9)15)14-7-6-13(17-14)10(2)16-3/h4-8,10,16H,1-3H3. The molecule has 3 heteroatoms. The van der Waals surface area contributed by atoms with Crippen LogP contribution in [0.2, 0.25) is 5.02 Å². The summed E-state index contributed by atoms with van der Waals surface area (Å²) < 4.78 is 5.80. The fraction of sp³-hybridized carbons (Fsp3) is 0.286. The summed E-state index contributed by atoms with van der Waals surface area (Å²) in [5.74, 6) is 1.78. The molecule has 1 aromatic carbocycles. The van der Waals surface area contributed by atoms with Gasteiger partial charge in [-0.05, 0) is 44.7 Å². The Balaban J connectivity index is 2.33. The van der Waals surface area contributed by atoms with Gasteiger partial charge >= 0.3 is 0 Å². The van der Waals surface area contributed by atoms with Crippen molar-refractivity contribution in [3.05, 3.63) is 46.7 Å². The van der Waals surface area contributed by atoms with Gasteiger partial charge in [-0.3, -0.25) is 0 Å². The Hall–Kier alpha value is -1.25. The summed E-state index contributed by atoms with van der Waals surface area (Å²) in [6.07, 6.45) is 0. The monoisotopic (exact) mass is 249 g/mol. The maximum Gasteiger partial charge on any atom is 0.134 e. The quantitative estimate of drug-likeness (QED) is 0.883. The zero-order valence-corrected chi connectivity index (χ0v) is 11.0. The second-order valence-electron chi connectivity index (χ2n) is 4.18. The zero-order chi connectivity index (χ0) is 12.4. The van der Waals surface area contributed by atoms with E-state index >= 15 is 0 Å². The second-order valence-corrected chi connectivity index (χ2v) is 4.58. The molecule has 1 N–H and O–H groups in total. The molecule has 0 radical (unpaired) electrons. The van der Waals surface area contributed by atoms with Crippen molar-refractivity contribution in [3.8, 4) is 11.3 Å². The minimum Gasteiger partial charge on any atom is -0.459 e. The number of halogens is 1. The van der Waals surface area contributed by atoms with Crippen molar-refractivity contribution in [3.63, 3.8) is 0 Å². The van der Waals surface area contributed by atoms with E-state index in [4.69, 9.17) is 16.0 Å². The van der Waals surface area contributed by atoms with Crippen LogP contribution in [0.4, 0.5) is 0 Å². The van der Waals surface area contributed by atoms with Crippen LogP contribution in [-0.2, 0) is 0 Å². The van der Waals surface area contributed by atoms with E-state index in [9.17, 15) is 0 Å². The van der Waals surface area contributed by atoms with E-state index < -0.39 is 0 Å². The SMILES string of the molecule is CNC(C)c1ccc(-c2ccc(C)c(Cl)c2)o1. The summed E-state index contributed by atoms with van der Waals surface area (Å²) in [6.45, 7) is 4.05. The maximum atomic E-state index is 6.11. The highest BCUT2D eigenvalue weighted by Gasteiger charge is 2.10. The Labute approximate surface area is 107 Å². The summed E-state index contributed by atoms with van der Waals surface area (Å²) in [5.41, 5.74) is 2.08. The lowest BCUT2D eigenvalue weighted by Gasteiger charge is -2.06. The molecule has 0 saturated heterocycles. The van der Waals surface area contributed by atoms with E-state index in [1.165, 1.54) is 0 Å². The average Bonchev–Trinajstić information content (AvgIpc) is 2.81. The molecule has 0 aliphatic rings. The summed E-state index contributed by atoms with van der Waals surface area (Å²) in [5, 5.41) is 3.91. The Kier molecular flexibility index (Phi) is 3.55. The predicted molar refractivity (Wildman–Crippen MR) is 71.4 cm³/mol. The predicted octanol–water partition coefficient (Wildman–Crippen LogP) is 4.19. The van der Waals surface area contributed by atoms with Gasteiger partial charge in [-0.25, -0.2) is 0 Å². The zero-order valence-electron chi connectivity index (χ0n) is 10.3. The molecular weight excluding hydrogens is 234 g/mol. The Morgan fingerprint density at radius 2 is 2.00 bits per heavy atom. The van der Waals surface area contributed by atoms with Crippen molar-refractivity contribution in [1.29, 1.82) is 0 Å². The number of hydrogen-bond acceptors (Lipinski definition) is 2. The second kappa shape index (κ2) is 4.94. The third-order valence-corrected chi connectivity index (χ3v) is 3.35. The van der Waals surface area contributed by atoms with Gasteiger partial charge in [-0.15, -0.1) is 0 Å². The highest BCUT2D eigenvalue weighted by Crippen LogP contribution is 2.28. The maximum absolute atomic E-state index is 6.11. The van der Waals surface area contributed by atoms with Crippen LogP contribution in [0.25, 0.3) is 11.3 Å². The lowest BCUT2D eigenvalue weighted by molar-refractivity contribution is 0.458. The lowest BCUT2D eigenvalue weighted by atomic mass is 10.1. The fourth-order valence-electron chi connectivity index (χ4n) is 1.63. The molecule has 2 nitrogen and oxygen atoms in total. The number of nitrogens with one attached hydrogen (secondary N) is 1. The van der Waals surface area contributed by atoms with Crippen LogP contribution in [0.5, 0.6) is 0 Å². The minimum absolute atomic E-state index is 0.213. The van der Waals surface area contributed by atoms with Gasteiger partial charge < -0.3 is 9.73 Å². The van der Waals surface area contributed by atoms with E-state index in [2.05, 4.69) is 12.2 Å². The first-order chi connectivity index (χ1) is 8.11. The molecule has 17 heavy (non-hydrogen) atoms. The molecular formula is C14H16ClNO. The molecule has 1 aromatic heterocycles. The van der Waals surface area contributed by atoms with Crippen LogP contribution in [0, 0.1) is 6.92 Å². The minimum atomic E-state index is 0.213. The van der Waals surface area contributed by atoms with Gasteiger partial charge in [-0.1, -0.05) is 23.7 Å². The average molecular weight is 250 g/mol. The van der Waals surface area contributed by atoms with Crippen LogP contribution in [0.3, 0.4) is 0 Å². The van der Waals surface area contributed by atoms with Gasteiger partial charge in [0.15, 0.2) is 0 Å². The molecule has 0 amide bonds. The number of aryl methyl sites for hydroxylation is 1. The van der Waals surface area contributed by atoms with E-state index in [0.717, 1.165) is 27.7 Å². The molecule has 2 aromatic rings. The summed E-state index contributed by atoms with van der Waals surface area (Å²) in [7, 11) is 1.91. The van der Waals surface area contributed by atoms with Crippen LogP contribution in [-0.4, -0.2) is 7.05 Å². The van der Waals surface area contributed by atoms with Crippen LogP contribution in [0.15, 0.2) is 34.7 Å². The first-order valence-corrected chi connectivity index (χ1v) is 6.03. The highest BCUT2D eigenvalue weighted by atomic mass is 35.5. The van der Waals surface area contributed by atoms with Crippen LogP contribution in [0.1, 0.15) is 24.3 Å². The summed E-state index contributed by atoms with van der Waals surface area (Å²) >= 11 is 6.11. The van der Waals surface area contributed by atoms with Crippen molar-refractivity contribution in [2.24, 2.45) is 0 Å². The number of benzene rings is 1. The Morgan fingerprint density at radius 1 is 1.24 bits per heavy atom. The van der Waals surface area contributed by atoms with Gasteiger partial charge in [0, 0.05) is 10.6 Å². The van der Waals surface area contributed by atoms with Gasteiger partial charge in [0.05, 0.1) is 6.04 Å². The number of furan rings is 1. The van der Waals surface area contributed by atoms with Crippen LogP contribution >= 0.6 is 11.6 Å². The molecule has 0 aliphatic heterocycles. The summed E-state index contributed by atoms with van der Waals surface area (Å²) in [4.78, 5) is 0. The van der Waals surface area contributed by atoms with E-state index in [1.807, 2.05) is 44.3 Å². The van der Waals surface area contributed by atoms with Crippen LogP contribution < -0.4 is 5.32 Å². The van der Waals surface area contributed by atoms with Crippen molar-refractivity contribution in [2.45, 2.75) is 19.9 Å². The van der Waals surface area contributed by atoms with Crippen molar-refractivity contribution < 1.29 is 4.42 Å². The largest absolute Gasteiger partial charge is 0.459 e. The first kappa shape index (κ1) is 12.2. The Morgan fingerprint density at radius 3 is 2.65 bits per heavy atom. The topological polar surface area (TPSA) is 25.2 Å². The molecule has 90 valence electrons. The molecule has 2 rings (SSSR count). The van der Waals surface area contributed by atoms with E-state index in [-0.39, 0.29) is 6.04 Å². The Bertz CT molecular complexity index is 519. The normalized spacial score (nSPS) is 12.7. The van der Waals surface area contributed by atoms with Gasteiger partial charge in [0.2, 0.25) is 0 Å². The molecule has 0 bridgehead atoms. The number of hydrogen-bond donors (Lipinski definition) is 1. The molecule has 1 atom stereocenters. The van der Waals surface area contributed by atoms with Gasteiger partial charge in [0.25, 0.3) is 0 Å². The third kappa shape index (κ3) is 2.54. The molecule has 1 heterocycles. The van der Waals surface area contributed by atoms with E-state index in [0.29, 0.717) is 0 Å². The molecule has 1 unspecified atom stereocenters. The molecule has 0 aliphatic carbocycles. The summed E-state index contributed by atoms with van der Waals surface area (Å²) in [6, 6.07) is 10.1. The van der Waals surface area contributed by atoms with E-state index in [1.54, 1.807) is 0 Å². The molecule has 0 fully saturated rings. The fourth-order valence-corrected chi connectivity index (χ4v) is 1.81. The molecule has 0 saturated carbocycles. The van der Waals surface area contributed by atoms with Gasteiger partial charge in [0.1, 0.15) is 11.5 Å². The van der Waals surface area contributed by atoms with Crippen molar-refractivity contribution in [2.75, 3.05) is 7.05 Å². The lowest BCUT2D eigenvalue weighted by Crippen LogP contribution is -2.10. The van der Waals surface area contributed by atoms with Crippen molar-refractivity contribution >= 4 is 11.6 Å². The third-order valence-electron chi connectivity index (χ3n) is 2.94. The highest BCUT2D eigenvalue weighted by molar-refractivity contribution is 6.31. The number of rotatable bonds is 3. The smallest absolute Gasteiger partial charge is 0.134 e. The van der Waals surface area contributed by atoms with Gasteiger partial charge in [-0.2, -0.15) is 0 Å². The van der Waals surface area contributed by atoms with Crippen molar-refractivity contribution in [1.82, 2.24) is 5.32 Å². The first-order valence-electron chi connectivity index (χ1n) is 5.65. The molecule has 0 spiro atoms.